The maximum Gasteiger partial charge on any atom is 0.169 e. The predicted molar refractivity (Wildman–Crippen MR) is 118 cm³/mol. The van der Waals surface area contributed by atoms with Crippen molar-refractivity contribution >= 4 is 5.78 Å². The summed E-state index contributed by atoms with van der Waals surface area (Å²) in [5.41, 5.74) is 0.274. The second kappa shape index (κ2) is 7.67. The van der Waals surface area contributed by atoms with E-state index in [4.69, 9.17) is 9.47 Å². The first-order chi connectivity index (χ1) is 14.9. The van der Waals surface area contributed by atoms with Crippen LogP contribution in [0.15, 0.2) is 24.3 Å². The summed E-state index contributed by atoms with van der Waals surface area (Å²) in [6, 6.07) is 6.20. The van der Waals surface area contributed by atoms with Crippen molar-refractivity contribution < 1.29 is 34.7 Å². The van der Waals surface area contributed by atoms with Crippen LogP contribution in [0.3, 0.4) is 0 Å². The van der Waals surface area contributed by atoms with Crippen LogP contribution >= 0.6 is 0 Å². The Morgan fingerprint density at radius 1 is 1.22 bits per heavy atom. The first kappa shape index (κ1) is 22.4. The Balaban J connectivity index is 1.53. The summed E-state index contributed by atoms with van der Waals surface area (Å²) in [7, 11) is 0. The number of hydrogen-bond acceptors (Lipinski definition) is 7. The number of phenols is 2. The van der Waals surface area contributed by atoms with Gasteiger partial charge in [-0.2, -0.15) is 0 Å². The molecule has 0 aromatic heterocycles. The van der Waals surface area contributed by atoms with Gasteiger partial charge in [-0.25, -0.2) is 0 Å². The maximum absolute atomic E-state index is 12.9. The van der Waals surface area contributed by atoms with Crippen LogP contribution in [0.4, 0.5) is 0 Å². The molecule has 0 amide bonds. The van der Waals surface area contributed by atoms with Crippen molar-refractivity contribution in [3.63, 3.8) is 0 Å². The van der Waals surface area contributed by atoms with Gasteiger partial charge in [0.05, 0.1) is 17.3 Å². The molecule has 2 heterocycles. The van der Waals surface area contributed by atoms with Crippen molar-refractivity contribution in [2.45, 2.75) is 76.8 Å². The van der Waals surface area contributed by atoms with Crippen LogP contribution in [-0.2, 0) is 12.8 Å². The quantitative estimate of drug-likeness (QED) is 0.523. The summed E-state index contributed by atoms with van der Waals surface area (Å²) < 4.78 is 11.6. The highest BCUT2D eigenvalue weighted by atomic mass is 16.5. The van der Waals surface area contributed by atoms with E-state index in [1.807, 2.05) is 13.8 Å². The van der Waals surface area contributed by atoms with E-state index in [0.717, 1.165) is 6.42 Å². The Hall–Kier alpha value is -2.77. The van der Waals surface area contributed by atoms with E-state index in [2.05, 4.69) is 0 Å². The fourth-order valence-electron chi connectivity index (χ4n) is 4.31. The lowest BCUT2D eigenvalue weighted by molar-refractivity contribution is -0.0230. The average Bonchev–Trinajstić information content (AvgIpc) is 3.09. The van der Waals surface area contributed by atoms with E-state index < -0.39 is 23.6 Å². The summed E-state index contributed by atoms with van der Waals surface area (Å²) in [6.45, 7) is 7.24. The number of aliphatic hydroxyl groups excluding tert-OH is 1. The first-order valence-electron chi connectivity index (χ1n) is 10.9. The topological polar surface area (TPSA) is 116 Å². The zero-order chi connectivity index (χ0) is 23.4. The van der Waals surface area contributed by atoms with E-state index in [-0.39, 0.29) is 34.6 Å². The van der Waals surface area contributed by atoms with Crippen molar-refractivity contribution in [3.05, 3.63) is 46.5 Å². The Kier molecular flexibility index (Phi) is 5.38. The van der Waals surface area contributed by atoms with Crippen LogP contribution in [0.2, 0.25) is 0 Å². The molecule has 32 heavy (non-hydrogen) atoms. The minimum Gasteiger partial charge on any atom is -0.507 e. The molecular formula is C25H30O7. The monoisotopic (exact) mass is 442 g/mol. The average molecular weight is 443 g/mol. The predicted octanol–water partition coefficient (Wildman–Crippen LogP) is 3.58. The van der Waals surface area contributed by atoms with Gasteiger partial charge in [-0.05, 0) is 64.3 Å². The number of rotatable bonds is 5. The van der Waals surface area contributed by atoms with Crippen molar-refractivity contribution in [1.82, 2.24) is 0 Å². The minimum atomic E-state index is -1.24. The van der Waals surface area contributed by atoms with Crippen LogP contribution in [0.25, 0.3) is 0 Å². The Morgan fingerprint density at radius 2 is 1.94 bits per heavy atom. The largest absolute Gasteiger partial charge is 0.507 e. The van der Waals surface area contributed by atoms with Crippen LogP contribution in [0, 0.1) is 0 Å². The summed E-state index contributed by atoms with van der Waals surface area (Å²) in [4.78, 5) is 12.9. The lowest BCUT2D eigenvalue weighted by Gasteiger charge is -2.33. The number of carbonyl (C=O) groups excluding carboxylic acids is 1. The van der Waals surface area contributed by atoms with Gasteiger partial charge in [-0.15, -0.1) is 0 Å². The number of hydrogen-bond donors (Lipinski definition) is 4. The molecule has 0 radical (unpaired) electrons. The number of aliphatic hydroxyl groups is 2. The zero-order valence-electron chi connectivity index (χ0n) is 18.8. The summed E-state index contributed by atoms with van der Waals surface area (Å²) in [6.07, 6.45) is -0.285. The van der Waals surface area contributed by atoms with Gasteiger partial charge in [0.1, 0.15) is 34.7 Å². The number of benzene rings is 2. The highest BCUT2D eigenvalue weighted by Crippen LogP contribution is 2.43. The normalized spacial score (nSPS) is 20.0. The number of phenolic OH excluding ortho intramolecular Hbond substituents is 2. The molecule has 2 aliphatic heterocycles. The lowest BCUT2D eigenvalue weighted by atomic mass is 9.90. The molecule has 0 fully saturated rings. The van der Waals surface area contributed by atoms with E-state index in [1.54, 1.807) is 32.0 Å². The lowest BCUT2D eigenvalue weighted by Crippen LogP contribution is -2.39. The van der Waals surface area contributed by atoms with Gasteiger partial charge < -0.3 is 29.9 Å². The molecule has 0 aliphatic carbocycles. The van der Waals surface area contributed by atoms with Gasteiger partial charge in [0, 0.05) is 30.0 Å². The third-order valence-corrected chi connectivity index (χ3v) is 6.31. The summed E-state index contributed by atoms with van der Waals surface area (Å²) in [5.74, 6) is 0.250. The van der Waals surface area contributed by atoms with Gasteiger partial charge in [-0.3, -0.25) is 4.79 Å². The molecule has 7 heteroatoms. The maximum atomic E-state index is 12.9. The highest BCUT2D eigenvalue weighted by Gasteiger charge is 2.36. The van der Waals surface area contributed by atoms with Crippen molar-refractivity contribution in [1.29, 1.82) is 0 Å². The molecule has 2 unspecified atom stereocenters. The molecular weight excluding hydrogens is 412 g/mol. The smallest absolute Gasteiger partial charge is 0.169 e. The van der Waals surface area contributed by atoms with Gasteiger partial charge in [0.2, 0.25) is 0 Å². The van der Waals surface area contributed by atoms with Gasteiger partial charge in [0.25, 0.3) is 0 Å². The van der Waals surface area contributed by atoms with E-state index in [1.165, 1.54) is 6.07 Å². The third-order valence-electron chi connectivity index (χ3n) is 6.31. The standard InChI is InChI=1S/C25H30O7/c1-24(2)8-7-15-20(32-24)6-5-14(23(15)29)17(26)11-18(27)16-9-13-10-22(25(3,4)30)31-21(13)12-19(16)28/h5-6,9,12,17,22,26,28-30H,7-8,10-11H2,1-4H3. The van der Waals surface area contributed by atoms with Crippen LogP contribution in [0.5, 0.6) is 23.0 Å². The van der Waals surface area contributed by atoms with Crippen molar-refractivity contribution in [2.24, 2.45) is 0 Å². The summed E-state index contributed by atoms with van der Waals surface area (Å²) in [5, 5.41) is 42.0. The number of carbonyl (C=O) groups is 1. The molecule has 2 atom stereocenters. The van der Waals surface area contributed by atoms with E-state index >= 15 is 0 Å². The molecule has 4 rings (SSSR count). The molecule has 2 aliphatic rings. The highest BCUT2D eigenvalue weighted by molar-refractivity contribution is 5.99. The molecule has 0 saturated carbocycles. The molecule has 2 aromatic rings. The van der Waals surface area contributed by atoms with Gasteiger partial charge in [0.15, 0.2) is 5.78 Å². The number of ether oxygens (including phenoxy) is 2. The van der Waals surface area contributed by atoms with Crippen molar-refractivity contribution in [2.75, 3.05) is 0 Å². The van der Waals surface area contributed by atoms with E-state index in [0.29, 0.717) is 35.5 Å². The van der Waals surface area contributed by atoms with Crippen LogP contribution in [0.1, 0.15) is 73.7 Å². The SMILES string of the molecule is CC1(C)CCc2c(ccc(C(O)CC(=O)c3cc4c(cc3O)OC(C(C)(C)O)C4)c2O)O1. The second-order valence-corrected chi connectivity index (χ2v) is 9.93. The Morgan fingerprint density at radius 3 is 2.62 bits per heavy atom. The Labute approximate surface area is 187 Å². The second-order valence-electron chi connectivity index (χ2n) is 9.93. The van der Waals surface area contributed by atoms with E-state index in [9.17, 15) is 25.2 Å². The number of aromatic hydroxyl groups is 2. The van der Waals surface area contributed by atoms with Crippen LogP contribution < -0.4 is 9.47 Å². The number of ketones is 1. The molecule has 172 valence electrons. The Bertz CT molecular complexity index is 1060. The first-order valence-corrected chi connectivity index (χ1v) is 10.9. The molecule has 4 N–H and O–H groups in total. The minimum absolute atomic E-state index is 0.0575. The van der Waals surface area contributed by atoms with Gasteiger partial charge in [-0.1, -0.05) is 0 Å². The molecule has 0 bridgehead atoms. The number of fused-ring (bicyclic) bond motifs is 2. The molecule has 2 aromatic carbocycles. The third kappa shape index (κ3) is 4.14. The molecule has 0 spiro atoms. The van der Waals surface area contributed by atoms with Crippen molar-refractivity contribution in [3.8, 4) is 23.0 Å². The molecule has 7 nitrogen and oxygen atoms in total. The number of Topliss-reactive ketones (excluding diaryl/α,β-unsaturated/α-hetero) is 1. The summed E-state index contributed by atoms with van der Waals surface area (Å²) >= 11 is 0. The fourth-order valence-corrected chi connectivity index (χ4v) is 4.31. The van der Waals surface area contributed by atoms with Gasteiger partial charge >= 0.3 is 0 Å². The van der Waals surface area contributed by atoms with Crippen LogP contribution in [-0.4, -0.2) is 43.5 Å². The fraction of sp³-hybridized carbons (Fsp3) is 0.480. The zero-order valence-corrected chi connectivity index (χ0v) is 18.8. The molecule has 0 saturated heterocycles.